The number of hydrogen-bond donors (Lipinski definition) is 1. The van der Waals surface area contributed by atoms with E-state index in [1.807, 2.05) is 42.5 Å². The van der Waals surface area contributed by atoms with Crippen LogP contribution in [0.5, 0.6) is 0 Å². The third-order valence-corrected chi connectivity index (χ3v) is 6.94. The number of hydrogen-bond acceptors (Lipinski definition) is 4. The Morgan fingerprint density at radius 3 is 2.45 bits per heavy atom. The van der Waals surface area contributed by atoms with Crippen LogP contribution in [0.4, 0.5) is 23.4 Å². The van der Waals surface area contributed by atoms with E-state index in [1.165, 1.54) is 0 Å². The first-order valence-electron chi connectivity index (χ1n) is 12.5. The zero-order valence-electron chi connectivity index (χ0n) is 20.3. The van der Waals surface area contributed by atoms with E-state index in [-0.39, 0.29) is 18.2 Å². The maximum absolute atomic E-state index is 14.6. The molecular formula is C29H24F4N4O. The number of carbonyl (C=O) groups excluding carboxylic acids is 1. The number of nitrogens with zero attached hydrogens (tertiary/aromatic N) is 3. The number of anilines is 1. The Labute approximate surface area is 216 Å². The quantitative estimate of drug-likeness (QED) is 0.271. The van der Waals surface area contributed by atoms with Gasteiger partial charge in [-0.2, -0.15) is 13.2 Å². The van der Waals surface area contributed by atoms with Crippen molar-refractivity contribution in [3.05, 3.63) is 89.5 Å². The molecule has 1 aromatic heterocycles. The van der Waals surface area contributed by atoms with Gasteiger partial charge in [0.05, 0.1) is 16.6 Å². The Morgan fingerprint density at radius 2 is 1.74 bits per heavy atom. The van der Waals surface area contributed by atoms with Crippen molar-refractivity contribution in [1.82, 2.24) is 14.9 Å². The summed E-state index contributed by atoms with van der Waals surface area (Å²) in [7, 11) is 0. The van der Waals surface area contributed by atoms with Gasteiger partial charge in [0.1, 0.15) is 18.0 Å². The molecule has 1 amide bonds. The Morgan fingerprint density at radius 1 is 0.947 bits per heavy atom. The SMILES string of the molecule is O=C(c1ccc(C(F)(F)F)cc1F)N(Cc1cccc(-c2ccc3ncnc(NC4CC4)c3c2)c1)C1CC1. The highest BCUT2D eigenvalue weighted by atomic mass is 19.4. The number of halogens is 4. The summed E-state index contributed by atoms with van der Waals surface area (Å²) >= 11 is 0. The summed E-state index contributed by atoms with van der Waals surface area (Å²) in [6.07, 6.45) is 0.670. The highest BCUT2D eigenvalue weighted by Crippen LogP contribution is 2.34. The molecule has 1 N–H and O–H groups in total. The van der Waals surface area contributed by atoms with E-state index in [4.69, 9.17) is 0 Å². The van der Waals surface area contributed by atoms with Gasteiger partial charge in [0, 0.05) is 24.0 Å². The van der Waals surface area contributed by atoms with E-state index in [9.17, 15) is 22.4 Å². The van der Waals surface area contributed by atoms with Crippen LogP contribution < -0.4 is 5.32 Å². The van der Waals surface area contributed by atoms with E-state index in [2.05, 4.69) is 15.3 Å². The van der Waals surface area contributed by atoms with Gasteiger partial charge in [-0.05, 0) is 78.8 Å². The molecule has 2 aliphatic rings. The number of rotatable bonds is 7. The smallest absolute Gasteiger partial charge is 0.367 e. The summed E-state index contributed by atoms with van der Waals surface area (Å²) in [6.45, 7) is 0.225. The molecule has 2 aliphatic carbocycles. The summed E-state index contributed by atoms with van der Waals surface area (Å²) < 4.78 is 53.5. The van der Waals surface area contributed by atoms with Gasteiger partial charge in [0.25, 0.3) is 5.91 Å². The lowest BCUT2D eigenvalue weighted by Gasteiger charge is -2.23. The minimum atomic E-state index is -4.68. The van der Waals surface area contributed by atoms with Crippen molar-refractivity contribution in [1.29, 1.82) is 0 Å². The Kier molecular flexibility index (Phi) is 6.01. The zero-order chi connectivity index (χ0) is 26.4. The standard InChI is InChI=1S/C29H24F4N4O/c30-25-14-20(29(31,32)33)5-10-23(25)28(38)37(22-8-9-22)15-17-2-1-3-18(12-17)19-4-11-26-24(13-19)27(35-16-34-26)36-21-6-7-21/h1-5,10-14,16,21-22H,6-9,15H2,(H,34,35,36). The van der Waals surface area contributed by atoms with E-state index < -0.39 is 23.5 Å². The summed E-state index contributed by atoms with van der Waals surface area (Å²) in [6, 6.07) is 16.1. The minimum Gasteiger partial charge on any atom is -0.367 e. The Bertz CT molecular complexity index is 1530. The fourth-order valence-corrected chi connectivity index (χ4v) is 4.59. The first-order valence-corrected chi connectivity index (χ1v) is 12.5. The molecule has 2 saturated carbocycles. The van der Waals surface area contributed by atoms with Crippen LogP contribution in [-0.2, 0) is 12.7 Å². The fourth-order valence-electron chi connectivity index (χ4n) is 4.59. The molecule has 0 radical (unpaired) electrons. The lowest BCUT2D eigenvalue weighted by molar-refractivity contribution is -0.137. The summed E-state index contributed by atoms with van der Waals surface area (Å²) in [5, 5.41) is 4.38. The van der Waals surface area contributed by atoms with Crippen molar-refractivity contribution >= 4 is 22.6 Å². The molecule has 38 heavy (non-hydrogen) atoms. The van der Waals surface area contributed by atoms with Gasteiger partial charge in [-0.1, -0.05) is 24.3 Å². The van der Waals surface area contributed by atoms with Gasteiger partial charge < -0.3 is 10.2 Å². The molecule has 0 spiro atoms. The second kappa shape index (κ2) is 9.38. The van der Waals surface area contributed by atoms with Crippen LogP contribution in [0.15, 0.2) is 67.0 Å². The molecule has 1 heterocycles. The second-order valence-corrected chi connectivity index (χ2v) is 9.93. The van der Waals surface area contributed by atoms with Crippen LogP contribution in [0.25, 0.3) is 22.0 Å². The summed E-state index contributed by atoms with van der Waals surface area (Å²) in [5.41, 5.74) is 2.11. The second-order valence-electron chi connectivity index (χ2n) is 9.93. The van der Waals surface area contributed by atoms with Crippen molar-refractivity contribution in [2.45, 2.75) is 50.5 Å². The zero-order valence-corrected chi connectivity index (χ0v) is 20.3. The topological polar surface area (TPSA) is 58.1 Å². The average Bonchev–Trinajstić information content (AvgIpc) is 3.82. The van der Waals surface area contributed by atoms with Crippen LogP contribution in [0.1, 0.15) is 47.2 Å². The highest BCUT2D eigenvalue weighted by molar-refractivity contribution is 5.95. The predicted molar refractivity (Wildman–Crippen MR) is 136 cm³/mol. The van der Waals surface area contributed by atoms with Gasteiger partial charge >= 0.3 is 6.18 Å². The largest absolute Gasteiger partial charge is 0.416 e. The average molecular weight is 521 g/mol. The molecule has 0 saturated heterocycles. The third kappa shape index (κ3) is 5.05. The number of carbonyl (C=O) groups is 1. The molecule has 194 valence electrons. The first-order chi connectivity index (χ1) is 18.3. The summed E-state index contributed by atoms with van der Waals surface area (Å²) in [4.78, 5) is 23.6. The maximum Gasteiger partial charge on any atom is 0.416 e. The van der Waals surface area contributed by atoms with E-state index in [0.29, 0.717) is 12.1 Å². The molecule has 0 aliphatic heterocycles. The predicted octanol–water partition coefficient (Wildman–Crippen LogP) is 6.83. The summed E-state index contributed by atoms with van der Waals surface area (Å²) in [5.74, 6) is -0.972. The maximum atomic E-state index is 14.6. The molecular weight excluding hydrogens is 496 g/mol. The molecule has 6 rings (SSSR count). The molecule has 0 atom stereocenters. The van der Waals surface area contributed by atoms with Gasteiger partial charge in [-0.25, -0.2) is 14.4 Å². The molecule has 2 fully saturated rings. The number of alkyl halides is 3. The van der Waals surface area contributed by atoms with Crippen LogP contribution in [-0.4, -0.2) is 32.9 Å². The number of aromatic nitrogens is 2. The fraction of sp³-hybridized carbons (Fsp3) is 0.276. The van der Waals surface area contributed by atoms with Crippen molar-refractivity contribution in [3.8, 4) is 11.1 Å². The van der Waals surface area contributed by atoms with Crippen molar-refractivity contribution in [3.63, 3.8) is 0 Å². The van der Waals surface area contributed by atoms with Gasteiger partial charge in [-0.3, -0.25) is 4.79 Å². The van der Waals surface area contributed by atoms with Crippen molar-refractivity contribution in [2.24, 2.45) is 0 Å². The number of amides is 1. The Hall–Kier alpha value is -4.01. The van der Waals surface area contributed by atoms with E-state index >= 15 is 0 Å². The van der Waals surface area contributed by atoms with Gasteiger partial charge in [0.15, 0.2) is 0 Å². The normalized spacial score (nSPS) is 15.5. The lowest BCUT2D eigenvalue weighted by atomic mass is 10.0. The van der Waals surface area contributed by atoms with E-state index in [1.54, 1.807) is 11.2 Å². The molecule has 4 aromatic rings. The number of nitrogens with one attached hydrogen (secondary N) is 1. The molecule has 0 bridgehead atoms. The molecule has 3 aromatic carbocycles. The van der Waals surface area contributed by atoms with E-state index in [0.717, 1.165) is 71.2 Å². The van der Waals surface area contributed by atoms with Crippen molar-refractivity contribution in [2.75, 3.05) is 5.32 Å². The Balaban J connectivity index is 1.27. The number of benzene rings is 3. The monoisotopic (exact) mass is 520 g/mol. The van der Waals surface area contributed by atoms with Gasteiger partial charge in [0.2, 0.25) is 0 Å². The van der Waals surface area contributed by atoms with Crippen LogP contribution in [0, 0.1) is 5.82 Å². The van der Waals surface area contributed by atoms with Crippen LogP contribution in [0.3, 0.4) is 0 Å². The van der Waals surface area contributed by atoms with Crippen LogP contribution in [0.2, 0.25) is 0 Å². The molecule has 9 heteroatoms. The van der Waals surface area contributed by atoms with Gasteiger partial charge in [-0.15, -0.1) is 0 Å². The first kappa shape index (κ1) is 24.3. The number of fused-ring (bicyclic) bond motifs is 1. The molecule has 5 nitrogen and oxygen atoms in total. The van der Waals surface area contributed by atoms with Crippen molar-refractivity contribution < 1.29 is 22.4 Å². The lowest BCUT2D eigenvalue weighted by Crippen LogP contribution is -2.33. The minimum absolute atomic E-state index is 0.0678. The van der Waals surface area contributed by atoms with Crippen LogP contribution >= 0.6 is 0 Å². The third-order valence-electron chi connectivity index (χ3n) is 6.94. The highest BCUT2D eigenvalue weighted by Gasteiger charge is 2.36. The molecule has 0 unspecified atom stereocenters.